The second-order valence-corrected chi connectivity index (χ2v) is 8.82. The second kappa shape index (κ2) is 7.49. The average Bonchev–Trinajstić information content (AvgIpc) is 3.29. The van der Waals surface area contributed by atoms with Gasteiger partial charge >= 0.3 is 6.03 Å². The van der Waals surface area contributed by atoms with Gasteiger partial charge < -0.3 is 24.3 Å². The molecular formula is C22H30N4O4. The topological polar surface area (TPSA) is 73.4 Å². The van der Waals surface area contributed by atoms with Gasteiger partial charge in [-0.1, -0.05) is 6.07 Å². The van der Waals surface area contributed by atoms with Crippen LogP contribution < -0.4 is 4.74 Å². The number of urea groups is 1. The molecule has 30 heavy (non-hydrogen) atoms. The summed E-state index contributed by atoms with van der Waals surface area (Å²) < 4.78 is 5.24. The van der Waals surface area contributed by atoms with Crippen molar-refractivity contribution in [3.05, 3.63) is 29.8 Å². The van der Waals surface area contributed by atoms with Gasteiger partial charge in [0, 0.05) is 58.8 Å². The Morgan fingerprint density at radius 3 is 2.47 bits per heavy atom. The van der Waals surface area contributed by atoms with E-state index < -0.39 is 0 Å². The zero-order valence-corrected chi connectivity index (χ0v) is 18.1. The van der Waals surface area contributed by atoms with Gasteiger partial charge in [0.1, 0.15) is 5.75 Å². The minimum atomic E-state index is -0.283. The van der Waals surface area contributed by atoms with Crippen LogP contribution in [0.25, 0.3) is 0 Å². The third-order valence-electron chi connectivity index (χ3n) is 7.21. The summed E-state index contributed by atoms with van der Waals surface area (Å²) in [6.45, 7) is 2.28. The zero-order chi connectivity index (χ0) is 21.6. The number of carbonyl (C=O) groups is 3. The minimum absolute atomic E-state index is 0.0110. The second-order valence-electron chi connectivity index (χ2n) is 8.82. The number of likely N-dealkylation sites (tertiary alicyclic amines) is 3. The zero-order valence-electron chi connectivity index (χ0n) is 18.1. The van der Waals surface area contributed by atoms with Crippen molar-refractivity contribution in [2.45, 2.75) is 18.4 Å². The number of benzene rings is 1. The molecule has 0 saturated carbocycles. The Morgan fingerprint density at radius 1 is 1.13 bits per heavy atom. The summed E-state index contributed by atoms with van der Waals surface area (Å²) in [5.41, 5.74) is 0.330. The highest BCUT2D eigenvalue weighted by Crippen LogP contribution is 2.49. The van der Waals surface area contributed by atoms with E-state index in [0.717, 1.165) is 12.8 Å². The summed E-state index contributed by atoms with van der Waals surface area (Å²) in [7, 11) is 6.95. The van der Waals surface area contributed by atoms with Crippen LogP contribution in [0.15, 0.2) is 24.3 Å². The van der Waals surface area contributed by atoms with E-state index in [4.69, 9.17) is 4.74 Å². The van der Waals surface area contributed by atoms with Crippen LogP contribution in [0.5, 0.6) is 5.75 Å². The molecule has 3 aliphatic heterocycles. The molecule has 3 saturated heterocycles. The van der Waals surface area contributed by atoms with Crippen LogP contribution in [0.3, 0.4) is 0 Å². The molecule has 0 bridgehead atoms. The van der Waals surface area contributed by atoms with E-state index in [2.05, 4.69) is 0 Å². The molecule has 3 aliphatic rings. The van der Waals surface area contributed by atoms with E-state index in [1.807, 2.05) is 29.0 Å². The van der Waals surface area contributed by atoms with Crippen molar-refractivity contribution in [3.8, 4) is 5.75 Å². The van der Waals surface area contributed by atoms with Crippen LogP contribution in [0.2, 0.25) is 0 Å². The van der Waals surface area contributed by atoms with E-state index in [1.165, 1.54) is 0 Å². The molecule has 0 N–H and O–H groups in total. The summed E-state index contributed by atoms with van der Waals surface area (Å²) in [6, 6.07) is 7.16. The monoisotopic (exact) mass is 414 g/mol. The molecule has 4 amide bonds. The van der Waals surface area contributed by atoms with Crippen molar-refractivity contribution in [1.29, 1.82) is 0 Å². The van der Waals surface area contributed by atoms with E-state index in [9.17, 15) is 14.4 Å². The summed E-state index contributed by atoms with van der Waals surface area (Å²) in [5, 5.41) is 0. The van der Waals surface area contributed by atoms with Crippen molar-refractivity contribution in [1.82, 2.24) is 19.6 Å². The number of hydrogen-bond acceptors (Lipinski definition) is 4. The number of ether oxygens (including phenoxy) is 1. The van der Waals surface area contributed by atoms with Gasteiger partial charge in [-0.2, -0.15) is 0 Å². The first-order valence-corrected chi connectivity index (χ1v) is 10.5. The maximum absolute atomic E-state index is 13.0. The maximum atomic E-state index is 13.0. The molecule has 1 aromatic rings. The lowest BCUT2D eigenvalue weighted by atomic mass is 9.75. The number of amides is 4. The van der Waals surface area contributed by atoms with Gasteiger partial charge in [-0.3, -0.25) is 9.59 Å². The van der Waals surface area contributed by atoms with Crippen molar-refractivity contribution >= 4 is 17.8 Å². The molecule has 4 rings (SSSR count). The Labute approximate surface area is 177 Å². The predicted molar refractivity (Wildman–Crippen MR) is 111 cm³/mol. The minimum Gasteiger partial charge on any atom is -0.497 e. The summed E-state index contributed by atoms with van der Waals surface area (Å²) in [6.07, 6.45) is 1.46. The maximum Gasteiger partial charge on any atom is 0.319 e. The summed E-state index contributed by atoms with van der Waals surface area (Å²) in [4.78, 5) is 45.6. The molecule has 3 fully saturated rings. The third-order valence-corrected chi connectivity index (χ3v) is 7.21. The number of rotatable bonds is 2. The molecule has 3 heterocycles. The molecule has 8 nitrogen and oxygen atoms in total. The molecule has 1 spiro atoms. The van der Waals surface area contributed by atoms with Crippen LogP contribution in [0.4, 0.5) is 4.79 Å². The fourth-order valence-corrected chi connectivity index (χ4v) is 5.50. The molecule has 8 heteroatoms. The number of fused-ring (bicyclic) bond motifs is 2. The Hall–Kier alpha value is -2.77. The Kier molecular flexibility index (Phi) is 5.11. The number of carbonyl (C=O) groups excluding carboxylic acids is 3. The molecule has 0 aliphatic carbocycles. The molecule has 162 valence electrons. The van der Waals surface area contributed by atoms with E-state index in [-0.39, 0.29) is 35.2 Å². The molecule has 2 atom stereocenters. The highest BCUT2D eigenvalue weighted by molar-refractivity contribution is 5.94. The first-order chi connectivity index (χ1) is 14.3. The van der Waals surface area contributed by atoms with E-state index in [0.29, 0.717) is 37.5 Å². The fraction of sp³-hybridized carbons (Fsp3) is 0.591. The third kappa shape index (κ3) is 3.09. The van der Waals surface area contributed by atoms with Crippen molar-refractivity contribution in [2.24, 2.45) is 11.8 Å². The highest BCUT2D eigenvalue weighted by atomic mass is 16.5. The number of nitrogens with zero attached hydrogens (tertiary/aromatic N) is 4. The van der Waals surface area contributed by atoms with E-state index >= 15 is 0 Å². The average molecular weight is 415 g/mol. The molecule has 0 aromatic heterocycles. The van der Waals surface area contributed by atoms with Gasteiger partial charge in [0.05, 0.1) is 18.6 Å². The molecular weight excluding hydrogens is 384 g/mol. The lowest BCUT2D eigenvalue weighted by molar-refractivity contribution is -0.133. The Bertz CT molecular complexity index is 862. The smallest absolute Gasteiger partial charge is 0.319 e. The normalized spacial score (nSPS) is 24.9. The highest BCUT2D eigenvalue weighted by Gasteiger charge is 2.61. The Morgan fingerprint density at radius 2 is 1.83 bits per heavy atom. The summed E-state index contributed by atoms with van der Waals surface area (Å²) in [5.74, 6) is 0.757. The SMILES string of the molecule is COc1cccc(C(=O)N2CCC3(CC2)[C@@H]2CN(C(=O)N(C)C)C[C@@H]2C(=O)N3C)c1. The van der Waals surface area contributed by atoms with Gasteiger partial charge in [0.15, 0.2) is 0 Å². The lowest BCUT2D eigenvalue weighted by Crippen LogP contribution is -2.57. The van der Waals surface area contributed by atoms with E-state index in [1.54, 1.807) is 43.1 Å². The number of methoxy groups -OCH3 is 1. The van der Waals surface area contributed by atoms with Gasteiger partial charge in [0.25, 0.3) is 5.91 Å². The van der Waals surface area contributed by atoms with Crippen molar-refractivity contribution < 1.29 is 19.1 Å². The van der Waals surface area contributed by atoms with Gasteiger partial charge in [-0.25, -0.2) is 4.79 Å². The number of piperidine rings is 1. The fourth-order valence-electron chi connectivity index (χ4n) is 5.50. The quantitative estimate of drug-likeness (QED) is 0.733. The van der Waals surface area contributed by atoms with Crippen LogP contribution in [-0.2, 0) is 4.79 Å². The number of hydrogen-bond donors (Lipinski definition) is 0. The van der Waals surface area contributed by atoms with Crippen LogP contribution in [0, 0.1) is 11.8 Å². The van der Waals surface area contributed by atoms with Gasteiger partial charge in [-0.15, -0.1) is 0 Å². The van der Waals surface area contributed by atoms with Crippen LogP contribution in [0.1, 0.15) is 23.2 Å². The van der Waals surface area contributed by atoms with Crippen LogP contribution >= 0.6 is 0 Å². The summed E-state index contributed by atoms with van der Waals surface area (Å²) >= 11 is 0. The molecule has 0 radical (unpaired) electrons. The largest absolute Gasteiger partial charge is 0.497 e. The van der Waals surface area contributed by atoms with Crippen LogP contribution in [-0.4, -0.2) is 97.4 Å². The van der Waals surface area contributed by atoms with Crippen molar-refractivity contribution in [3.63, 3.8) is 0 Å². The van der Waals surface area contributed by atoms with Crippen molar-refractivity contribution in [2.75, 3.05) is 54.4 Å². The van der Waals surface area contributed by atoms with Gasteiger partial charge in [-0.05, 0) is 31.0 Å². The van der Waals surface area contributed by atoms with Gasteiger partial charge in [0.2, 0.25) is 5.91 Å². The Balaban J connectivity index is 1.49. The lowest BCUT2D eigenvalue weighted by Gasteiger charge is -2.46. The first-order valence-electron chi connectivity index (χ1n) is 10.5. The first kappa shape index (κ1) is 20.5. The standard InChI is InChI=1S/C22H30N4O4/c1-23(2)21(29)26-13-17-18(14-26)22(24(3)20(17)28)8-10-25(11-9-22)19(27)15-6-5-7-16(12-15)30-4/h5-7,12,17-18H,8-11,13-14H2,1-4H3/t17-,18+/m0/s1. The predicted octanol–water partition coefficient (Wildman–Crippen LogP) is 1.37. The molecule has 1 aromatic carbocycles. The molecule has 0 unspecified atom stereocenters.